The molecular weight excluding hydrogens is 166 g/mol. The van der Waals surface area contributed by atoms with E-state index in [2.05, 4.69) is 35.5 Å². The molecule has 0 aromatic heterocycles. The molecule has 2 fully saturated rings. The lowest BCUT2D eigenvalue weighted by atomic mass is 10.2. The lowest BCUT2D eigenvalue weighted by molar-refractivity contribution is -0.221. The Kier molecular flexibility index (Phi) is 2.36. The summed E-state index contributed by atoms with van der Waals surface area (Å²) in [7, 11) is 0. The van der Waals surface area contributed by atoms with Crippen molar-refractivity contribution in [2.45, 2.75) is 38.5 Å². The maximum atomic E-state index is 5.59. The summed E-state index contributed by atoms with van der Waals surface area (Å²) in [4.78, 5) is 11.8. The zero-order chi connectivity index (χ0) is 9.42. The Morgan fingerprint density at radius 1 is 1.69 bits per heavy atom. The average Bonchev–Trinajstić information content (AvgIpc) is 2.88. The third kappa shape index (κ3) is 1.49. The SMILES string of the molecule is C=NC1[C@H]2CN([C@H](C)CC)OCN12. The molecule has 4 heteroatoms. The van der Waals surface area contributed by atoms with Crippen molar-refractivity contribution in [3.63, 3.8) is 0 Å². The van der Waals surface area contributed by atoms with E-state index in [0.29, 0.717) is 25.0 Å². The molecule has 0 aliphatic carbocycles. The zero-order valence-corrected chi connectivity index (χ0v) is 8.31. The number of hydrogen-bond donors (Lipinski definition) is 0. The fourth-order valence-electron chi connectivity index (χ4n) is 1.80. The number of aliphatic imine (C=N–C) groups is 1. The second kappa shape index (κ2) is 3.36. The van der Waals surface area contributed by atoms with Gasteiger partial charge in [0, 0.05) is 12.6 Å². The molecule has 0 spiro atoms. The van der Waals surface area contributed by atoms with E-state index in [-0.39, 0.29) is 0 Å². The summed E-state index contributed by atoms with van der Waals surface area (Å²) in [5, 5.41) is 2.08. The summed E-state index contributed by atoms with van der Waals surface area (Å²) in [5.41, 5.74) is 0. The molecule has 0 bridgehead atoms. The Labute approximate surface area is 79.1 Å². The van der Waals surface area contributed by atoms with Crippen molar-refractivity contribution in [3.8, 4) is 0 Å². The summed E-state index contributed by atoms with van der Waals surface area (Å²) in [5.74, 6) is 0. The molecule has 2 rings (SSSR count). The highest BCUT2D eigenvalue weighted by molar-refractivity contribution is 5.26. The van der Waals surface area contributed by atoms with Crippen molar-refractivity contribution in [2.75, 3.05) is 13.3 Å². The van der Waals surface area contributed by atoms with Gasteiger partial charge in [-0.1, -0.05) is 6.92 Å². The van der Waals surface area contributed by atoms with Gasteiger partial charge in [0.2, 0.25) is 0 Å². The first-order valence-corrected chi connectivity index (χ1v) is 4.89. The molecule has 2 unspecified atom stereocenters. The number of fused-ring (bicyclic) bond motifs is 1. The standard InChI is InChI=1S/C9H17N3O/c1-4-7(2)12-5-8-9(10-3)11(8)6-13-12/h7-9H,3-6H2,1-2H3/t7-,8-,9?,11?/m1/s1. The van der Waals surface area contributed by atoms with Gasteiger partial charge in [-0.25, -0.2) is 4.90 Å². The van der Waals surface area contributed by atoms with E-state index < -0.39 is 0 Å². The van der Waals surface area contributed by atoms with Crippen molar-refractivity contribution in [3.05, 3.63) is 0 Å². The minimum Gasteiger partial charge on any atom is -0.283 e. The van der Waals surface area contributed by atoms with Gasteiger partial charge in [-0.05, 0) is 20.1 Å². The van der Waals surface area contributed by atoms with Crippen molar-refractivity contribution in [1.82, 2.24) is 9.96 Å². The Balaban J connectivity index is 1.89. The molecule has 0 amide bonds. The van der Waals surface area contributed by atoms with Gasteiger partial charge in [0.15, 0.2) is 0 Å². The average molecular weight is 183 g/mol. The largest absolute Gasteiger partial charge is 0.283 e. The van der Waals surface area contributed by atoms with Crippen molar-refractivity contribution in [2.24, 2.45) is 4.99 Å². The van der Waals surface area contributed by atoms with Crippen molar-refractivity contribution in [1.29, 1.82) is 0 Å². The van der Waals surface area contributed by atoms with E-state index in [0.717, 1.165) is 13.0 Å². The van der Waals surface area contributed by atoms with E-state index in [1.807, 2.05) is 0 Å². The predicted octanol–water partition coefficient (Wildman–Crippen LogP) is 0.701. The molecule has 4 atom stereocenters. The molecule has 2 aliphatic rings. The molecule has 2 saturated heterocycles. The molecule has 13 heavy (non-hydrogen) atoms. The van der Waals surface area contributed by atoms with Crippen LogP contribution in [-0.4, -0.2) is 48.2 Å². The van der Waals surface area contributed by atoms with Crippen LogP contribution >= 0.6 is 0 Å². The third-order valence-corrected chi connectivity index (χ3v) is 3.03. The van der Waals surface area contributed by atoms with Crippen LogP contribution in [0.4, 0.5) is 0 Å². The van der Waals surface area contributed by atoms with Crippen LogP contribution in [0.5, 0.6) is 0 Å². The van der Waals surface area contributed by atoms with Gasteiger partial charge in [0.25, 0.3) is 0 Å². The predicted molar refractivity (Wildman–Crippen MR) is 51.4 cm³/mol. The molecule has 0 saturated carbocycles. The number of nitrogens with zero attached hydrogens (tertiary/aromatic N) is 3. The molecule has 0 radical (unpaired) electrons. The van der Waals surface area contributed by atoms with Crippen LogP contribution < -0.4 is 0 Å². The maximum absolute atomic E-state index is 5.59. The molecule has 74 valence electrons. The highest BCUT2D eigenvalue weighted by atomic mass is 16.7. The molecule has 2 aliphatic heterocycles. The first-order chi connectivity index (χ1) is 6.27. The number of hydroxylamine groups is 2. The van der Waals surface area contributed by atoms with Crippen LogP contribution in [0.25, 0.3) is 0 Å². The molecule has 0 aromatic rings. The molecular formula is C9H17N3O. The third-order valence-electron chi connectivity index (χ3n) is 3.03. The first-order valence-electron chi connectivity index (χ1n) is 4.89. The van der Waals surface area contributed by atoms with Crippen molar-refractivity contribution >= 4 is 6.72 Å². The number of hydrogen-bond acceptors (Lipinski definition) is 4. The quantitative estimate of drug-likeness (QED) is 0.476. The van der Waals surface area contributed by atoms with Crippen molar-refractivity contribution < 1.29 is 4.84 Å². The summed E-state index contributed by atoms with van der Waals surface area (Å²) in [6.07, 6.45) is 1.44. The second-order valence-corrected chi connectivity index (χ2v) is 3.79. The van der Waals surface area contributed by atoms with Gasteiger partial charge in [-0.2, -0.15) is 5.06 Å². The van der Waals surface area contributed by atoms with E-state index in [1.165, 1.54) is 0 Å². The Bertz CT molecular complexity index is 209. The first kappa shape index (κ1) is 9.12. The Morgan fingerprint density at radius 2 is 2.46 bits per heavy atom. The Morgan fingerprint density at radius 3 is 3.08 bits per heavy atom. The maximum Gasteiger partial charge on any atom is 0.123 e. The summed E-state index contributed by atoms with van der Waals surface area (Å²) in [6, 6.07) is 1.06. The molecule has 0 N–H and O–H groups in total. The summed E-state index contributed by atoms with van der Waals surface area (Å²) in [6.45, 7) is 9.59. The van der Waals surface area contributed by atoms with Gasteiger partial charge in [-0.15, -0.1) is 0 Å². The van der Waals surface area contributed by atoms with Crippen LogP contribution in [0.1, 0.15) is 20.3 Å². The monoisotopic (exact) mass is 183 g/mol. The van der Waals surface area contributed by atoms with Crippen LogP contribution in [0.3, 0.4) is 0 Å². The molecule has 4 nitrogen and oxygen atoms in total. The summed E-state index contributed by atoms with van der Waals surface area (Å²) < 4.78 is 0. The van der Waals surface area contributed by atoms with Crippen LogP contribution in [0.2, 0.25) is 0 Å². The van der Waals surface area contributed by atoms with Crippen LogP contribution in [-0.2, 0) is 4.84 Å². The van der Waals surface area contributed by atoms with Crippen LogP contribution in [0.15, 0.2) is 4.99 Å². The van der Waals surface area contributed by atoms with Crippen LogP contribution in [0, 0.1) is 0 Å². The molecule has 0 aromatic carbocycles. The lowest BCUT2D eigenvalue weighted by Crippen LogP contribution is -2.41. The fourth-order valence-corrected chi connectivity index (χ4v) is 1.80. The van der Waals surface area contributed by atoms with E-state index in [1.54, 1.807) is 0 Å². The van der Waals surface area contributed by atoms with Gasteiger partial charge < -0.3 is 0 Å². The Hall–Kier alpha value is -0.450. The zero-order valence-electron chi connectivity index (χ0n) is 8.31. The number of rotatable bonds is 3. The van der Waals surface area contributed by atoms with Gasteiger partial charge in [0.05, 0.1) is 6.04 Å². The van der Waals surface area contributed by atoms with E-state index in [9.17, 15) is 0 Å². The normalized spacial score (nSPS) is 40.9. The smallest absolute Gasteiger partial charge is 0.123 e. The highest BCUT2D eigenvalue weighted by Gasteiger charge is 2.51. The fraction of sp³-hybridized carbons (Fsp3) is 0.889. The minimum atomic E-state index is 0.314. The van der Waals surface area contributed by atoms with Gasteiger partial charge in [0.1, 0.15) is 12.9 Å². The highest BCUT2D eigenvalue weighted by Crippen LogP contribution is 2.33. The topological polar surface area (TPSA) is 27.8 Å². The van der Waals surface area contributed by atoms with E-state index >= 15 is 0 Å². The lowest BCUT2D eigenvalue weighted by Gasteiger charge is -2.30. The van der Waals surface area contributed by atoms with Gasteiger partial charge in [-0.3, -0.25) is 9.83 Å². The second-order valence-electron chi connectivity index (χ2n) is 3.79. The van der Waals surface area contributed by atoms with Gasteiger partial charge >= 0.3 is 0 Å². The molecule has 2 heterocycles. The minimum absolute atomic E-state index is 0.314. The van der Waals surface area contributed by atoms with E-state index in [4.69, 9.17) is 4.84 Å². The summed E-state index contributed by atoms with van der Waals surface area (Å²) >= 11 is 0.